The molecule has 0 heterocycles. The average Bonchev–Trinajstić information content (AvgIpc) is 2.48. The van der Waals surface area contributed by atoms with Crippen molar-refractivity contribution in [2.45, 2.75) is 44.3 Å². The predicted octanol–water partition coefficient (Wildman–Crippen LogP) is 3.87. The van der Waals surface area contributed by atoms with E-state index >= 15 is 0 Å². The molecule has 0 saturated heterocycles. The molecular formula is C17H24O2. The van der Waals surface area contributed by atoms with E-state index in [-0.39, 0.29) is 6.10 Å². The number of benzene rings is 1. The zero-order chi connectivity index (χ0) is 13.5. The number of hydrogen-bond acceptors (Lipinski definition) is 2. The second-order valence-electron chi connectivity index (χ2n) is 5.34. The van der Waals surface area contributed by atoms with Crippen LogP contribution in [0.2, 0.25) is 0 Å². The molecule has 2 nitrogen and oxygen atoms in total. The molecule has 2 unspecified atom stereocenters. The maximum absolute atomic E-state index is 10.3. The predicted molar refractivity (Wildman–Crippen MR) is 77.9 cm³/mol. The fourth-order valence-electron chi connectivity index (χ4n) is 2.81. The van der Waals surface area contributed by atoms with Crippen molar-refractivity contribution in [1.29, 1.82) is 0 Å². The first-order chi connectivity index (χ1) is 9.31. The Labute approximate surface area is 116 Å². The van der Waals surface area contributed by atoms with Crippen LogP contribution in [0.4, 0.5) is 0 Å². The highest BCUT2D eigenvalue weighted by molar-refractivity contribution is 5.20. The second kappa shape index (κ2) is 7.46. The van der Waals surface area contributed by atoms with Gasteiger partial charge in [0, 0.05) is 7.11 Å². The smallest absolute Gasteiger partial charge is 0.112 e. The molecule has 1 aliphatic carbocycles. The molecule has 1 aromatic carbocycles. The quantitative estimate of drug-likeness (QED) is 0.814. The molecule has 1 aliphatic rings. The van der Waals surface area contributed by atoms with Gasteiger partial charge < -0.3 is 9.84 Å². The third-order valence-electron chi connectivity index (χ3n) is 3.92. The number of aliphatic hydroxyl groups excluding tert-OH is 1. The highest BCUT2D eigenvalue weighted by atomic mass is 16.5. The number of methoxy groups -OCH3 is 1. The van der Waals surface area contributed by atoms with Crippen LogP contribution in [-0.4, -0.2) is 18.3 Å². The van der Waals surface area contributed by atoms with Crippen LogP contribution in [-0.2, 0) is 4.74 Å². The lowest BCUT2D eigenvalue weighted by Gasteiger charge is -2.21. The maximum Gasteiger partial charge on any atom is 0.112 e. The van der Waals surface area contributed by atoms with Crippen molar-refractivity contribution in [1.82, 2.24) is 0 Å². The third-order valence-corrected chi connectivity index (χ3v) is 3.92. The fraction of sp³-hybridized carbons (Fsp3) is 0.529. The molecule has 0 amide bonds. The summed E-state index contributed by atoms with van der Waals surface area (Å²) in [4.78, 5) is 0. The molecule has 1 N–H and O–H groups in total. The number of allylic oxidation sites excluding steroid dienone is 1. The average molecular weight is 260 g/mol. The Morgan fingerprint density at radius 1 is 1.16 bits per heavy atom. The Bertz CT molecular complexity index is 380. The standard InChI is InChI=1S/C17H24O2/c1-19-17(15-10-6-3-7-11-15)16(18)13-12-14-8-4-2-5-9-14/h3,6-7,10-14,16-18H,2,4-5,8-9H2,1H3/b13-12+. The Kier molecular flexibility index (Phi) is 5.62. The Balaban J connectivity index is 1.96. The minimum atomic E-state index is -0.575. The zero-order valence-electron chi connectivity index (χ0n) is 11.7. The zero-order valence-corrected chi connectivity index (χ0v) is 11.7. The topological polar surface area (TPSA) is 29.5 Å². The molecule has 0 aromatic heterocycles. The molecule has 1 fully saturated rings. The minimum Gasteiger partial charge on any atom is -0.386 e. The van der Waals surface area contributed by atoms with E-state index in [1.807, 2.05) is 36.4 Å². The van der Waals surface area contributed by atoms with Crippen molar-refractivity contribution >= 4 is 0 Å². The van der Waals surface area contributed by atoms with Gasteiger partial charge >= 0.3 is 0 Å². The largest absolute Gasteiger partial charge is 0.386 e. The fourth-order valence-corrected chi connectivity index (χ4v) is 2.81. The van der Waals surface area contributed by atoms with Crippen LogP contribution in [0.5, 0.6) is 0 Å². The monoisotopic (exact) mass is 260 g/mol. The molecule has 104 valence electrons. The summed E-state index contributed by atoms with van der Waals surface area (Å²) in [5.41, 5.74) is 1.02. The summed E-state index contributed by atoms with van der Waals surface area (Å²) in [5.74, 6) is 0.636. The maximum atomic E-state index is 10.3. The first kappa shape index (κ1) is 14.3. The van der Waals surface area contributed by atoms with Crippen molar-refractivity contribution in [3.63, 3.8) is 0 Å². The third kappa shape index (κ3) is 4.19. The summed E-state index contributed by atoms with van der Waals surface area (Å²) in [6.45, 7) is 0. The number of aliphatic hydroxyl groups is 1. The Hall–Kier alpha value is -1.12. The van der Waals surface area contributed by atoms with Gasteiger partial charge in [-0.15, -0.1) is 0 Å². The van der Waals surface area contributed by atoms with Gasteiger partial charge in [0.1, 0.15) is 12.2 Å². The molecule has 0 spiro atoms. The van der Waals surface area contributed by atoms with E-state index in [0.717, 1.165) is 5.56 Å². The SMILES string of the molecule is COC(c1ccccc1)C(O)/C=C/C1CCCCC1. The van der Waals surface area contributed by atoms with E-state index in [1.54, 1.807) is 7.11 Å². The van der Waals surface area contributed by atoms with Crippen LogP contribution in [0, 0.1) is 5.92 Å². The molecule has 2 rings (SSSR count). The molecular weight excluding hydrogens is 236 g/mol. The van der Waals surface area contributed by atoms with Gasteiger partial charge in [-0.05, 0) is 24.3 Å². The van der Waals surface area contributed by atoms with Gasteiger partial charge in [0.25, 0.3) is 0 Å². The lowest BCUT2D eigenvalue weighted by Crippen LogP contribution is -2.18. The van der Waals surface area contributed by atoms with Crippen LogP contribution in [0.15, 0.2) is 42.5 Å². The van der Waals surface area contributed by atoms with E-state index in [2.05, 4.69) is 6.08 Å². The normalized spacial score (nSPS) is 20.5. The van der Waals surface area contributed by atoms with Gasteiger partial charge in [0.05, 0.1) is 0 Å². The van der Waals surface area contributed by atoms with Crippen molar-refractivity contribution in [3.8, 4) is 0 Å². The van der Waals surface area contributed by atoms with Crippen molar-refractivity contribution in [3.05, 3.63) is 48.0 Å². The molecule has 2 atom stereocenters. The molecule has 0 radical (unpaired) electrons. The summed E-state index contributed by atoms with van der Waals surface area (Å²) in [6, 6.07) is 9.90. The number of hydrogen-bond donors (Lipinski definition) is 1. The highest BCUT2D eigenvalue weighted by Gasteiger charge is 2.19. The summed E-state index contributed by atoms with van der Waals surface area (Å²) in [7, 11) is 1.65. The van der Waals surface area contributed by atoms with Crippen LogP contribution < -0.4 is 0 Å². The summed E-state index contributed by atoms with van der Waals surface area (Å²) >= 11 is 0. The van der Waals surface area contributed by atoms with E-state index < -0.39 is 6.10 Å². The summed E-state index contributed by atoms with van der Waals surface area (Å²) in [5, 5.41) is 10.3. The second-order valence-corrected chi connectivity index (χ2v) is 5.34. The van der Waals surface area contributed by atoms with Crippen LogP contribution in [0.25, 0.3) is 0 Å². The lowest BCUT2D eigenvalue weighted by molar-refractivity contribution is 0.0106. The van der Waals surface area contributed by atoms with Gasteiger partial charge in [-0.1, -0.05) is 61.7 Å². The summed E-state index contributed by atoms with van der Waals surface area (Å²) in [6.07, 6.45) is 9.75. The van der Waals surface area contributed by atoms with Crippen molar-refractivity contribution in [2.75, 3.05) is 7.11 Å². The number of rotatable bonds is 5. The molecule has 1 saturated carbocycles. The van der Waals surface area contributed by atoms with Crippen molar-refractivity contribution in [2.24, 2.45) is 5.92 Å². The molecule has 19 heavy (non-hydrogen) atoms. The lowest BCUT2D eigenvalue weighted by atomic mass is 9.88. The molecule has 0 bridgehead atoms. The van der Waals surface area contributed by atoms with Crippen LogP contribution >= 0.6 is 0 Å². The highest BCUT2D eigenvalue weighted by Crippen LogP contribution is 2.26. The van der Waals surface area contributed by atoms with E-state index in [0.29, 0.717) is 5.92 Å². The van der Waals surface area contributed by atoms with Gasteiger partial charge in [0.2, 0.25) is 0 Å². The van der Waals surface area contributed by atoms with E-state index in [1.165, 1.54) is 32.1 Å². The molecule has 2 heteroatoms. The van der Waals surface area contributed by atoms with Gasteiger partial charge in [-0.3, -0.25) is 0 Å². The molecule has 1 aromatic rings. The summed E-state index contributed by atoms with van der Waals surface area (Å²) < 4.78 is 5.44. The number of ether oxygens (including phenoxy) is 1. The molecule has 0 aliphatic heterocycles. The van der Waals surface area contributed by atoms with Gasteiger partial charge in [-0.2, -0.15) is 0 Å². The first-order valence-electron chi connectivity index (χ1n) is 7.25. The Morgan fingerprint density at radius 3 is 2.47 bits per heavy atom. The van der Waals surface area contributed by atoms with Crippen molar-refractivity contribution < 1.29 is 9.84 Å². The van der Waals surface area contributed by atoms with E-state index in [4.69, 9.17) is 4.74 Å². The minimum absolute atomic E-state index is 0.277. The first-order valence-corrected chi connectivity index (χ1v) is 7.25. The Morgan fingerprint density at radius 2 is 1.84 bits per heavy atom. The van der Waals surface area contributed by atoms with Crippen LogP contribution in [0.3, 0.4) is 0 Å². The van der Waals surface area contributed by atoms with E-state index in [9.17, 15) is 5.11 Å². The van der Waals surface area contributed by atoms with Crippen LogP contribution in [0.1, 0.15) is 43.8 Å². The van der Waals surface area contributed by atoms with Gasteiger partial charge in [0.15, 0.2) is 0 Å². The van der Waals surface area contributed by atoms with Gasteiger partial charge in [-0.25, -0.2) is 0 Å².